The van der Waals surface area contributed by atoms with E-state index in [0.717, 1.165) is 24.4 Å². The molecule has 1 aromatic carbocycles. The molecule has 0 N–H and O–H groups in total. The standard InChI is InChI=1S/C24H23ClFN5O/c1-14-11-15(2)29-24(28-14)31-12-16-8-10-30(13-20(16)31)23(32)17-5-3-7-19(26)21(17)22-18(25)6-4-9-27-22/h3-7,9,11,16,20H,8,10,12-13H2,1-2H3/t16-,20-/m0/s1. The van der Waals surface area contributed by atoms with Crippen LogP contribution in [0.25, 0.3) is 11.3 Å². The molecule has 0 radical (unpaired) electrons. The number of benzene rings is 1. The first-order valence-electron chi connectivity index (χ1n) is 10.7. The molecular weight excluding hydrogens is 429 g/mol. The summed E-state index contributed by atoms with van der Waals surface area (Å²) in [6.07, 6.45) is 2.44. The van der Waals surface area contributed by atoms with E-state index in [-0.39, 0.29) is 28.8 Å². The zero-order valence-corrected chi connectivity index (χ0v) is 18.7. The summed E-state index contributed by atoms with van der Waals surface area (Å²) < 4.78 is 14.9. The highest BCUT2D eigenvalue weighted by Gasteiger charge is 2.45. The van der Waals surface area contributed by atoms with Crippen LogP contribution in [0.1, 0.15) is 28.2 Å². The van der Waals surface area contributed by atoms with E-state index in [0.29, 0.717) is 30.0 Å². The molecule has 4 heterocycles. The molecule has 3 aromatic rings. The largest absolute Gasteiger partial charge is 0.337 e. The summed E-state index contributed by atoms with van der Waals surface area (Å²) in [5, 5.41) is 0.308. The number of pyridine rings is 1. The van der Waals surface area contributed by atoms with E-state index in [1.807, 2.05) is 19.9 Å². The number of rotatable bonds is 3. The van der Waals surface area contributed by atoms with Gasteiger partial charge in [0.25, 0.3) is 5.91 Å². The molecule has 5 rings (SSSR count). The molecule has 8 heteroatoms. The number of hydrogen-bond acceptors (Lipinski definition) is 5. The third kappa shape index (κ3) is 3.60. The fraction of sp³-hybridized carbons (Fsp3) is 0.333. The van der Waals surface area contributed by atoms with Gasteiger partial charge in [-0.2, -0.15) is 0 Å². The van der Waals surface area contributed by atoms with Crippen LogP contribution >= 0.6 is 11.6 Å². The van der Waals surface area contributed by atoms with Gasteiger partial charge in [-0.15, -0.1) is 0 Å². The molecule has 2 aromatic heterocycles. The van der Waals surface area contributed by atoms with E-state index < -0.39 is 5.82 Å². The third-order valence-corrected chi connectivity index (χ3v) is 6.61. The monoisotopic (exact) mass is 451 g/mol. The van der Waals surface area contributed by atoms with Gasteiger partial charge < -0.3 is 9.80 Å². The lowest BCUT2D eigenvalue weighted by Gasteiger charge is -2.53. The van der Waals surface area contributed by atoms with Crippen LogP contribution < -0.4 is 4.90 Å². The van der Waals surface area contributed by atoms with E-state index >= 15 is 0 Å². The van der Waals surface area contributed by atoms with Gasteiger partial charge in [0.1, 0.15) is 5.82 Å². The molecule has 2 atom stereocenters. The Kier molecular flexibility index (Phi) is 5.29. The fourth-order valence-corrected chi connectivity index (χ4v) is 4.95. The Bertz CT molecular complexity index is 1180. The molecule has 2 fully saturated rings. The molecule has 2 aliphatic heterocycles. The van der Waals surface area contributed by atoms with Gasteiger partial charge in [-0.25, -0.2) is 14.4 Å². The van der Waals surface area contributed by atoms with E-state index in [1.54, 1.807) is 35.4 Å². The van der Waals surface area contributed by atoms with Gasteiger partial charge in [0, 0.05) is 43.1 Å². The van der Waals surface area contributed by atoms with Crippen LogP contribution in [0.15, 0.2) is 42.6 Å². The zero-order valence-electron chi connectivity index (χ0n) is 17.9. The Morgan fingerprint density at radius 3 is 2.66 bits per heavy atom. The van der Waals surface area contributed by atoms with Gasteiger partial charge in [0.15, 0.2) is 0 Å². The summed E-state index contributed by atoms with van der Waals surface area (Å²) in [5.41, 5.74) is 2.55. The maximum absolute atomic E-state index is 14.9. The Morgan fingerprint density at radius 2 is 1.91 bits per heavy atom. The van der Waals surface area contributed by atoms with Gasteiger partial charge in [0.2, 0.25) is 5.95 Å². The molecular formula is C24H23ClFN5O. The highest BCUT2D eigenvalue weighted by Crippen LogP contribution is 2.37. The van der Waals surface area contributed by atoms with Gasteiger partial charge in [-0.3, -0.25) is 9.78 Å². The minimum atomic E-state index is -0.514. The Hall–Kier alpha value is -3.06. The summed E-state index contributed by atoms with van der Waals surface area (Å²) >= 11 is 6.28. The SMILES string of the molecule is Cc1cc(C)nc(N2C[C@@H]3CCN(C(=O)c4cccc(F)c4-c4ncccc4Cl)C[C@@H]32)n1. The molecule has 0 spiro atoms. The smallest absolute Gasteiger partial charge is 0.254 e. The number of likely N-dealkylation sites (tertiary alicyclic amines) is 1. The van der Waals surface area contributed by atoms with Crippen molar-refractivity contribution in [1.29, 1.82) is 0 Å². The quantitative estimate of drug-likeness (QED) is 0.594. The molecule has 1 amide bonds. The van der Waals surface area contributed by atoms with Crippen molar-refractivity contribution < 1.29 is 9.18 Å². The summed E-state index contributed by atoms with van der Waals surface area (Å²) in [4.78, 5) is 30.9. The second-order valence-corrected chi connectivity index (χ2v) is 8.87. The number of carbonyl (C=O) groups excluding carboxylic acids is 1. The molecule has 0 saturated carbocycles. The Morgan fingerprint density at radius 1 is 1.12 bits per heavy atom. The number of hydrogen-bond donors (Lipinski definition) is 0. The van der Waals surface area contributed by atoms with E-state index in [9.17, 15) is 9.18 Å². The second kappa shape index (κ2) is 8.13. The first-order valence-corrected chi connectivity index (χ1v) is 11.1. The molecule has 2 saturated heterocycles. The van der Waals surface area contributed by atoms with E-state index in [2.05, 4.69) is 19.9 Å². The average Bonchev–Trinajstić information content (AvgIpc) is 2.74. The van der Waals surface area contributed by atoms with Crippen molar-refractivity contribution in [2.24, 2.45) is 5.92 Å². The van der Waals surface area contributed by atoms with E-state index in [1.165, 1.54) is 6.07 Å². The zero-order chi connectivity index (χ0) is 22.4. The number of aromatic nitrogens is 3. The lowest BCUT2D eigenvalue weighted by Crippen LogP contribution is -2.65. The first kappa shape index (κ1) is 20.8. The maximum atomic E-state index is 14.9. The number of nitrogens with zero attached hydrogens (tertiary/aromatic N) is 5. The van der Waals surface area contributed by atoms with Gasteiger partial charge in [-0.1, -0.05) is 17.7 Å². The predicted octanol–water partition coefficient (Wildman–Crippen LogP) is 4.30. The van der Waals surface area contributed by atoms with Crippen molar-refractivity contribution in [3.05, 3.63) is 70.4 Å². The minimum Gasteiger partial charge on any atom is -0.337 e. The number of piperidine rings is 1. The summed E-state index contributed by atoms with van der Waals surface area (Å²) in [6.45, 7) is 5.99. The molecule has 0 unspecified atom stereocenters. The molecule has 0 aliphatic carbocycles. The second-order valence-electron chi connectivity index (χ2n) is 8.47. The molecule has 32 heavy (non-hydrogen) atoms. The summed E-state index contributed by atoms with van der Waals surface area (Å²) in [5.74, 6) is 0.485. The minimum absolute atomic E-state index is 0.147. The highest BCUT2D eigenvalue weighted by molar-refractivity contribution is 6.33. The van der Waals surface area contributed by atoms with Crippen LogP contribution in [0.2, 0.25) is 5.02 Å². The Labute approximate surface area is 191 Å². The number of halogens is 2. The van der Waals surface area contributed by atoms with Crippen LogP contribution in [0.3, 0.4) is 0 Å². The van der Waals surface area contributed by atoms with Crippen molar-refractivity contribution >= 4 is 23.5 Å². The molecule has 164 valence electrons. The number of carbonyl (C=O) groups is 1. The lowest BCUT2D eigenvalue weighted by molar-refractivity contribution is 0.0589. The Balaban J connectivity index is 1.43. The van der Waals surface area contributed by atoms with Crippen LogP contribution in [0, 0.1) is 25.6 Å². The van der Waals surface area contributed by atoms with Crippen LogP contribution in [0.5, 0.6) is 0 Å². The van der Waals surface area contributed by atoms with Crippen molar-refractivity contribution in [2.45, 2.75) is 26.3 Å². The molecule has 6 nitrogen and oxygen atoms in total. The molecule has 0 bridgehead atoms. The predicted molar refractivity (Wildman–Crippen MR) is 121 cm³/mol. The summed E-state index contributed by atoms with van der Waals surface area (Å²) in [6, 6.07) is 9.95. The van der Waals surface area contributed by atoms with Gasteiger partial charge in [-0.05, 0) is 50.6 Å². The first-order chi connectivity index (χ1) is 15.4. The lowest BCUT2D eigenvalue weighted by atomic mass is 9.82. The van der Waals surface area contributed by atoms with Gasteiger partial charge >= 0.3 is 0 Å². The summed E-state index contributed by atoms with van der Waals surface area (Å²) in [7, 11) is 0. The normalized spacial score (nSPS) is 20.0. The number of amides is 1. The van der Waals surface area contributed by atoms with Gasteiger partial charge in [0.05, 0.1) is 27.9 Å². The number of fused-ring (bicyclic) bond motifs is 1. The maximum Gasteiger partial charge on any atom is 0.254 e. The topological polar surface area (TPSA) is 62.2 Å². The van der Waals surface area contributed by atoms with Crippen LogP contribution in [-0.4, -0.2) is 51.4 Å². The van der Waals surface area contributed by atoms with E-state index in [4.69, 9.17) is 11.6 Å². The van der Waals surface area contributed by atoms with Crippen LogP contribution in [-0.2, 0) is 0 Å². The van der Waals surface area contributed by atoms with Crippen molar-refractivity contribution in [3.8, 4) is 11.3 Å². The molecule has 2 aliphatic rings. The van der Waals surface area contributed by atoms with Crippen molar-refractivity contribution in [3.63, 3.8) is 0 Å². The fourth-order valence-electron chi connectivity index (χ4n) is 4.73. The highest BCUT2D eigenvalue weighted by atomic mass is 35.5. The number of aryl methyl sites for hydroxylation is 2. The number of anilines is 1. The third-order valence-electron chi connectivity index (χ3n) is 6.31. The van der Waals surface area contributed by atoms with Crippen molar-refractivity contribution in [2.75, 3.05) is 24.5 Å². The van der Waals surface area contributed by atoms with Crippen LogP contribution in [0.4, 0.5) is 10.3 Å². The van der Waals surface area contributed by atoms with Crippen molar-refractivity contribution in [1.82, 2.24) is 19.9 Å². The average molecular weight is 452 g/mol.